The van der Waals surface area contributed by atoms with Gasteiger partial charge in [-0.1, -0.05) is 84.4 Å². The van der Waals surface area contributed by atoms with Gasteiger partial charge in [-0.25, -0.2) is 4.79 Å². The summed E-state index contributed by atoms with van der Waals surface area (Å²) < 4.78 is 5.67. The van der Waals surface area contributed by atoms with Crippen molar-refractivity contribution in [3.05, 3.63) is 36.0 Å². The lowest BCUT2D eigenvalue weighted by atomic mass is 9.98. The number of aliphatic carboxylic acids is 5. The molecule has 1 aromatic carbocycles. The van der Waals surface area contributed by atoms with E-state index in [4.69, 9.17) is 4.74 Å². The summed E-state index contributed by atoms with van der Waals surface area (Å²) in [5.74, 6) is -26.5. The molecule has 40 heteroatoms. The number of esters is 1. The molecule has 2 heterocycles. The van der Waals surface area contributed by atoms with Crippen molar-refractivity contribution in [2.24, 2.45) is 11.8 Å². The van der Waals surface area contributed by atoms with Crippen LogP contribution in [0, 0.1) is 11.8 Å². The standard InChI is InChI=1S/C67H98N14O26/c1-8-32(3)16-12-10-11-13-19-47(83)73-42(24-37-28-68-39-18-15-14-17-38(37)39)63(102)75-40(20-22-50(86)87)60(99)79-45(27-54(94)95)64(103)81-56-36(7)107-67(106)55(33(4)9-2)80-61(100)41(21-23-51(88)89)76-65(104)46(31-82)74-49(85)30-69-59(98)43(25-52(90)91)77-58(97)35(6)72-62(101)44(26-53(92)93)78-57(96)34(5)71-48(84)29-70-66(56)105/h14-15,17-18,28,32-36,40-46,55-56,68,82H,8-13,16,19-27,29-31H2,1-7H3,(H,69,98)(H,70,105)(H,71,84)(H,72,101)(H,73,83)(H,74,85)(H,75,102)(H,76,104)(H,77,97)(H,78,96)(H,79,99)(H,80,100)(H,81,103)(H,86,87)(H,88,89)(H,90,91)(H,92,93)(H,94,95). The van der Waals surface area contributed by atoms with E-state index in [9.17, 15) is 122 Å². The summed E-state index contributed by atoms with van der Waals surface area (Å²) in [6.07, 6.45) is -2.39. The Balaban J connectivity index is 2.14. The van der Waals surface area contributed by atoms with Gasteiger partial charge in [0.05, 0.1) is 39.0 Å². The fraction of sp³-hybridized carbons (Fsp3) is 0.597. The van der Waals surface area contributed by atoms with E-state index in [0.29, 0.717) is 35.2 Å². The van der Waals surface area contributed by atoms with Crippen LogP contribution in [0.4, 0.5) is 0 Å². The quantitative estimate of drug-likeness (QED) is 0.0244. The van der Waals surface area contributed by atoms with E-state index in [-0.39, 0.29) is 19.3 Å². The number of carboxylic acid groups (broad SMARTS) is 5. The van der Waals surface area contributed by atoms with Crippen LogP contribution in [-0.4, -0.2) is 240 Å². The number of hydrogen-bond acceptors (Lipinski definition) is 21. The minimum absolute atomic E-state index is 0.00106. The molecule has 13 amide bonds. The van der Waals surface area contributed by atoms with Gasteiger partial charge in [-0.3, -0.25) is 86.3 Å². The SMILES string of the molecule is CCC(C)CCCCCCC(=O)NC(Cc1c[nH]c2ccccc12)C(=O)NC(CCC(=O)O)C(=O)NC(CC(=O)O)C(=O)NC1C(=O)NCC(=O)NC(C)C(=O)NC(CC(=O)O)C(=O)NC(C)C(=O)NC(CC(=O)O)C(=O)NCC(=O)NC(CO)C(=O)NC(CCC(=O)O)C(=O)NC(C(C)CC)C(=O)OC1C. The monoisotopic (exact) mass is 1510 g/mol. The first kappa shape index (κ1) is 89.9. The summed E-state index contributed by atoms with van der Waals surface area (Å²) in [4.78, 5) is 257. The highest BCUT2D eigenvalue weighted by Gasteiger charge is 2.40. The number of carbonyl (C=O) groups excluding carboxylic acids is 14. The Bertz CT molecular complexity index is 3550. The highest BCUT2D eigenvalue weighted by Crippen LogP contribution is 2.21. The number of amides is 13. The second-order valence-electron chi connectivity index (χ2n) is 25.9. The lowest BCUT2D eigenvalue weighted by Gasteiger charge is -2.30. The van der Waals surface area contributed by atoms with Gasteiger partial charge in [0.1, 0.15) is 72.6 Å². The Morgan fingerprint density at radius 1 is 0.523 bits per heavy atom. The van der Waals surface area contributed by atoms with Crippen molar-refractivity contribution in [1.29, 1.82) is 0 Å². The first-order valence-electron chi connectivity index (χ1n) is 34.7. The minimum Gasteiger partial charge on any atom is -0.481 e. The van der Waals surface area contributed by atoms with Crippen molar-refractivity contribution in [2.75, 3.05) is 19.7 Å². The number of nitrogens with one attached hydrogen (secondary N) is 14. The molecule has 20 N–H and O–H groups in total. The molecular formula is C67H98N14O26. The molecule has 1 fully saturated rings. The molecule has 0 aliphatic carbocycles. The molecular weight excluding hydrogens is 1420 g/mol. The topological polar surface area (TPSA) is 627 Å². The second-order valence-corrected chi connectivity index (χ2v) is 25.9. The summed E-state index contributed by atoms with van der Waals surface area (Å²) in [5.41, 5.74) is 1.21. The Kier molecular flexibility index (Phi) is 37.9. The van der Waals surface area contributed by atoms with Crippen LogP contribution in [0.3, 0.4) is 0 Å². The van der Waals surface area contributed by atoms with Crippen LogP contribution in [0.15, 0.2) is 30.5 Å². The summed E-state index contributed by atoms with van der Waals surface area (Å²) in [6, 6.07) is -14.2. The molecule has 0 spiro atoms. The Morgan fingerprint density at radius 2 is 1.07 bits per heavy atom. The number of para-hydroxylation sites is 1. The van der Waals surface area contributed by atoms with Crippen molar-refractivity contribution < 1.29 is 126 Å². The van der Waals surface area contributed by atoms with Gasteiger partial charge >= 0.3 is 35.8 Å². The Hall–Kier alpha value is -11.3. The zero-order valence-corrected chi connectivity index (χ0v) is 60.3. The van der Waals surface area contributed by atoms with Gasteiger partial charge in [-0.05, 0) is 63.5 Å². The third-order valence-corrected chi connectivity index (χ3v) is 17.2. The molecule has 1 saturated heterocycles. The molecule has 0 bridgehead atoms. The normalized spacial score (nSPS) is 22.3. The predicted octanol–water partition coefficient (Wildman–Crippen LogP) is -4.16. The summed E-state index contributed by atoms with van der Waals surface area (Å²) in [7, 11) is 0. The minimum atomic E-state index is -2.29. The molecule has 14 atom stereocenters. The number of aliphatic hydroxyl groups is 1. The number of aromatic amines is 1. The number of rotatable bonds is 32. The lowest BCUT2D eigenvalue weighted by Crippen LogP contribution is -2.61. The van der Waals surface area contributed by atoms with Gasteiger partial charge in [0.25, 0.3) is 0 Å². The van der Waals surface area contributed by atoms with E-state index in [1.54, 1.807) is 30.5 Å². The van der Waals surface area contributed by atoms with E-state index in [0.717, 1.165) is 46.5 Å². The molecule has 1 aliphatic heterocycles. The number of carboxylic acids is 5. The molecule has 14 unspecified atom stereocenters. The maximum atomic E-state index is 14.6. The van der Waals surface area contributed by atoms with Gasteiger partial charge in [0.15, 0.2) is 0 Å². The largest absolute Gasteiger partial charge is 0.481 e. The molecule has 0 radical (unpaired) electrons. The second kappa shape index (κ2) is 45.1. The molecule has 592 valence electrons. The van der Waals surface area contributed by atoms with E-state index in [2.05, 4.69) is 72.0 Å². The average molecular weight is 1520 g/mol. The van der Waals surface area contributed by atoms with Crippen LogP contribution in [0.5, 0.6) is 0 Å². The average Bonchev–Trinajstić information content (AvgIpc) is 1.72. The third kappa shape index (κ3) is 31.9. The highest BCUT2D eigenvalue weighted by atomic mass is 16.5. The molecule has 40 nitrogen and oxygen atoms in total. The molecule has 107 heavy (non-hydrogen) atoms. The number of unbranched alkanes of at least 4 members (excludes halogenated alkanes) is 3. The Morgan fingerprint density at radius 3 is 1.65 bits per heavy atom. The van der Waals surface area contributed by atoms with Crippen molar-refractivity contribution >= 4 is 124 Å². The van der Waals surface area contributed by atoms with Crippen LogP contribution < -0.4 is 69.1 Å². The fourth-order valence-corrected chi connectivity index (χ4v) is 10.6. The Labute approximate surface area is 613 Å². The number of fused-ring (bicyclic) bond motifs is 1. The molecule has 1 aromatic heterocycles. The van der Waals surface area contributed by atoms with Gasteiger partial charge in [-0.2, -0.15) is 0 Å². The van der Waals surface area contributed by atoms with Crippen LogP contribution in [0.25, 0.3) is 10.9 Å². The van der Waals surface area contributed by atoms with Gasteiger partial charge in [-0.15, -0.1) is 0 Å². The predicted molar refractivity (Wildman–Crippen MR) is 370 cm³/mol. The van der Waals surface area contributed by atoms with Gasteiger partial charge in [0.2, 0.25) is 76.8 Å². The number of aliphatic hydroxyl groups excluding tert-OH is 1. The summed E-state index contributed by atoms with van der Waals surface area (Å²) in [5, 5.41) is 87.9. The van der Waals surface area contributed by atoms with Crippen LogP contribution in [-0.2, 0) is 102 Å². The number of aromatic nitrogens is 1. The van der Waals surface area contributed by atoms with Crippen LogP contribution in [0.1, 0.15) is 150 Å². The van der Waals surface area contributed by atoms with E-state index < -0.39 is 256 Å². The first-order chi connectivity index (χ1) is 50.4. The van der Waals surface area contributed by atoms with Gasteiger partial charge in [0, 0.05) is 42.8 Å². The zero-order chi connectivity index (χ0) is 80.4. The maximum absolute atomic E-state index is 14.6. The number of benzene rings is 1. The van der Waals surface area contributed by atoms with Crippen LogP contribution in [0.2, 0.25) is 0 Å². The van der Waals surface area contributed by atoms with E-state index in [1.807, 2.05) is 16.0 Å². The number of H-pyrrole nitrogens is 1. The molecule has 1 aliphatic rings. The number of cyclic esters (lactones) is 1. The van der Waals surface area contributed by atoms with E-state index >= 15 is 0 Å². The molecule has 0 saturated carbocycles. The summed E-state index contributed by atoms with van der Waals surface area (Å²) >= 11 is 0. The van der Waals surface area contributed by atoms with Crippen molar-refractivity contribution in [2.45, 2.75) is 224 Å². The number of ether oxygens (including phenoxy) is 1. The fourth-order valence-electron chi connectivity index (χ4n) is 10.6. The highest BCUT2D eigenvalue weighted by molar-refractivity contribution is 6.01. The maximum Gasteiger partial charge on any atom is 0.329 e. The first-order valence-corrected chi connectivity index (χ1v) is 34.7. The van der Waals surface area contributed by atoms with Gasteiger partial charge < -0.3 is 109 Å². The van der Waals surface area contributed by atoms with Crippen molar-refractivity contribution in [3.63, 3.8) is 0 Å². The van der Waals surface area contributed by atoms with Crippen LogP contribution >= 0.6 is 0 Å². The molecule has 3 rings (SSSR count). The van der Waals surface area contributed by atoms with Crippen molar-refractivity contribution in [3.8, 4) is 0 Å². The molecule has 2 aromatic rings. The number of hydrogen-bond donors (Lipinski definition) is 20. The van der Waals surface area contributed by atoms with Crippen molar-refractivity contribution in [1.82, 2.24) is 74.1 Å². The lowest BCUT2D eigenvalue weighted by molar-refractivity contribution is -0.157. The van der Waals surface area contributed by atoms with E-state index in [1.165, 1.54) is 13.8 Å². The summed E-state index contributed by atoms with van der Waals surface area (Å²) in [6.45, 7) is 6.61. The smallest absolute Gasteiger partial charge is 0.329 e. The zero-order valence-electron chi connectivity index (χ0n) is 60.3. The third-order valence-electron chi connectivity index (χ3n) is 17.2. The number of carbonyl (C=O) groups is 19.